The predicted molar refractivity (Wildman–Crippen MR) is 40.1 cm³/mol. The number of thiophene rings is 1. The molecule has 0 radical (unpaired) electrons. The third-order valence-corrected chi connectivity index (χ3v) is 2.16. The van der Waals surface area contributed by atoms with E-state index in [0.717, 1.165) is 11.3 Å². The number of hydrogen-bond donors (Lipinski definition) is 1. The SMILES string of the molecule is O=c1cc2c(=O)[nH]occ-2s1. The number of rotatable bonds is 0. The molecule has 2 rings (SSSR count). The zero-order chi connectivity index (χ0) is 7.84. The van der Waals surface area contributed by atoms with Gasteiger partial charge in [-0.2, -0.15) is 5.16 Å². The standard InChI is InChI=1S/C6H3NO3S/c8-5-1-3-4(11-5)2-10-7-6(3)9/h1-2H,(H,7,9). The Balaban J connectivity index is 3.00. The first-order valence-corrected chi connectivity index (χ1v) is 3.69. The molecule has 56 valence electrons. The summed E-state index contributed by atoms with van der Waals surface area (Å²) in [4.78, 5) is 22.3. The Morgan fingerprint density at radius 2 is 2.27 bits per heavy atom. The first-order chi connectivity index (χ1) is 5.27. The molecule has 11 heavy (non-hydrogen) atoms. The first-order valence-electron chi connectivity index (χ1n) is 2.87. The largest absolute Gasteiger partial charge is 0.386 e. The lowest BCUT2D eigenvalue weighted by Crippen LogP contribution is -2.06. The van der Waals surface area contributed by atoms with Crippen LogP contribution in [-0.2, 0) is 0 Å². The van der Waals surface area contributed by atoms with Gasteiger partial charge in [0, 0.05) is 6.07 Å². The summed E-state index contributed by atoms with van der Waals surface area (Å²) in [7, 11) is 0. The van der Waals surface area contributed by atoms with Crippen molar-refractivity contribution in [1.82, 2.24) is 5.16 Å². The van der Waals surface area contributed by atoms with E-state index in [1.54, 1.807) is 0 Å². The molecule has 2 heterocycles. The van der Waals surface area contributed by atoms with Crippen molar-refractivity contribution in [3.63, 3.8) is 0 Å². The van der Waals surface area contributed by atoms with Gasteiger partial charge in [0.1, 0.15) is 6.26 Å². The zero-order valence-corrected chi connectivity index (χ0v) is 6.10. The van der Waals surface area contributed by atoms with Crippen molar-refractivity contribution in [3.05, 3.63) is 32.2 Å². The fourth-order valence-electron chi connectivity index (χ4n) is 0.838. The van der Waals surface area contributed by atoms with Crippen molar-refractivity contribution < 1.29 is 4.52 Å². The van der Waals surface area contributed by atoms with Crippen molar-refractivity contribution in [1.29, 1.82) is 0 Å². The van der Waals surface area contributed by atoms with Gasteiger partial charge in [0.2, 0.25) is 4.74 Å². The van der Waals surface area contributed by atoms with Gasteiger partial charge in [-0.1, -0.05) is 11.3 Å². The number of hydrogen-bond acceptors (Lipinski definition) is 4. The van der Waals surface area contributed by atoms with Crippen molar-refractivity contribution in [2.75, 3.05) is 0 Å². The van der Waals surface area contributed by atoms with Gasteiger partial charge in [0.05, 0.1) is 10.4 Å². The minimum absolute atomic E-state index is 0.132. The van der Waals surface area contributed by atoms with Crippen LogP contribution in [0.4, 0.5) is 0 Å². The second-order valence-corrected chi connectivity index (χ2v) is 3.06. The van der Waals surface area contributed by atoms with E-state index >= 15 is 0 Å². The average Bonchev–Trinajstić information content (AvgIpc) is 2.31. The molecule has 0 unspecified atom stereocenters. The molecule has 0 aromatic carbocycles. The Hall–Kier alpha value is -1.36. The van der Waals surface area contributed by atoms with Crippen molar-refractivity contribution in [3.8, 4) is 10.4 Å². The highest BCUT2D eigenvalue weighted by Crippen LogP contribution is 2.18. The van der Waals surface area contributed by atoms with Crippen molar-refractivity contribution >= 4 is 11.3 Å². The molecular weight excluding hydrogens is 166 g/mol. The lowest BCUT2D eigenvalue weighted by atomic mass is 10.3. The highest BCUT2D eigenvalue weighted by atomic mass is 32.1. The van der Waals surface area contributed by atoms with E-state index in [1.807, 2.05) is 0 Å². The van der Waals surface area contributed by atoms with Crippen LogP contribution in [0.2, 0.25) is 0 Å². The molecule has 1 N–H and O–H groups in total. The summed E-state index contributed by atoms with van der Waals surface area (Å²) in [5.41, 5.74) is 0.0344. The van der Waals surface area contributed by atoms with Gasteiger partial charge in [-0.05, 0) is 0 Å². The van der Waals surface area contributed by atoms with Crippen LogP contribution in [0.15, 0.2) is 26.4 Å². The highest BCUT2D eigenvalue weighted by molar-refractivity contribution is 7.13. The molecule has 0 aromatic heterocycles. The fourth-order valence-corrected chi connectivity index (χ4v) is 1.59. The van der Waals surface area contributed by atoms with Crippen LogP contribution in [0.1, 0.15) is 0 Å². The second-order valence-electron chi connectivity index (χ2n) is 2.01. The lowest BCUT2D eigenvalue weighted by Gasteiger charge is -1.89. The smallest absolute Gasteiger partial charge is 0.285 e. The highest BCUT2D eigenvalue weighted by Gasteiger charge is 2.09. The molecule has 2 aliphatic rings. The Morgan fingerprint density at radius 3 is 3.00 bits per heavy atom. The van der Waals surface area contributed by atoms with E-state index in [1.165, 1.54) is 12.3 Å². The quantitative estimate of drug-likeness (QED) is 0.624. The third kappa shape index (κ3) is 0.894. The summed E-state index contributed by atoms with van der Waals surface area (Å²) >= 11 is 0.997. The zero-order valence-electron chi connectivity index (χ0n) is 5.29. The van der Waals surface area contributed by atoms with Crippen LogP contribution in [0.5, 0.6) is 0 Å². The molecule has 0 bridgehead atoms. The Kier molecular flexibility index (Phi) is 1.19. The number of aromatic nitrogens is 1. The Morgan fingerprint density at radius 1 is 1.45 bits per heavy atom. The average molecular weight is 169 g/mol. The van der Waals surface area contributed by atoms with Crippen LogP contribution in [0, 0.1) is 0 Å². The molecule has 0 saturated carbocycles. The van der Waals surface area contributed by atoms with E-state index in [4.69, 9.17) is 0 Å². The lowest BCUT2D eigenvalue weighted by molar-refractivity contribution is 0.393. The molecule has 0 fully saturated rings. The maximum Gasteiger partial charge on any atom is 0.285 e. The summed E-state index contributed by atoms with van der Waals surface area (Å²) in [5.74, 6) is 0. The Bertz CT molecular complexity index is 452. The van der Waals surface area contributed by atoms with Crippen molar-refractivity contribution in [2.24, 2.45) is 0 Å². The Labute approximate surface area is 64.4 Å². The topological polar surface area (TPSA) is 63.1 Å². The summed E-state index contributed by atoms with van der Waals surface area (Å²) in [5, 5.41) is 2.12. The molecule has 4 nitrogen and oxygen atoms in total. The summed E-state index contributed by atoms with van der Waals surface area (Å²) in [6, 6.07) is 1.30. The van der Waals surface area contributed by atoms with Gasteiger partial charge < -0.3 is 4.52 Å². The van der Waals surface area contributed by atoms with Gasteiger partial charge in [-0.3, -0.25) is 9.59 Å². The van der Waals surface area contributed by atoms with Crippen molar-refractivity contribution in [2.45, 2.75) is 0 Å². The molecule has 5 heteroatoms. The number of H-pyrrole nitrogens is 1. The molecule has 0 atom stereocenters. The number of aromatic amines is 1. The van der Waals surface area contributed by atoms with Crippen LogP contribution in [-0.4, -0.2) is 5.16 Å². The maximum atomic E-state index is 10.9. The summed E-state index contributed by atoms with van der Waals surface area (Å²) in [6.45, 7) is 0. The van der Waals surface area contributed by atoms with E-state index in [9.17, 15) is 9.59 Å². The van der Waals surface area contributed by atoms with Gasteiger partial charge in [0.25, 0.3) is 5.56 Å². The molecule has 0 spiro atoms. The van der Waals surface area contributed by atoms with Crippen LogP contribution >= 0.6 is 11.3 Å². The van der Waals surface area contributed by atoms with E-state index in [-0.39, 0.29) is 10.3 Å². The normalized spacial score (nSPS) is 10.5. The fraction of sp³-hybridized carbons (Fsp3) is 0. The van der Waals surface area contributed by atoms with E-state index < -0.39 is 0 Å². The van der Waals surface area contributed by atoms with Gasteiger partial charge in [0.15, 0.2) is 0 Å². The summed E-state index contributed by atoms with van der Waals surface area (Å²) < 4.78 is 4.44. The predicted octanol–water partition coefficient (Wildman–Crippen LogP) is 0.494. The molecule has 0 amide bonds. The first kappa shape index (κ1) is 6.36. The van der Waals surface area contributed by atoms with E-state index in [0.29, 0.717) is 10.4 Å². The van der Waals surface area contributed by atoms with Crippen LogP contribution in [0.25, 0.3) is 10.4 Å². The second kappa shape index (κ2) is 2.06. The summed E-state index contributed by atoms with van der Waals surface area (Å²) in [6.07, 6.45) is 1.35. The van der Waals surface area contributed by atoms with Crippen LogP contribution in [0.3, 0.4) is 0 Å². The van der Waals surface area contributed by atoms with Crippen LogP contribution < -0.4 is 10.3 Å². The molecule has 0 saturated heterocycles. The molecule has 0 aliphatic carbocycles. The minimum Gasteiger partial charge on any atom is -0.386 e. The van der Waals surface area contributed by atoms with Gasteiger partial charge in [-0.15, -0.1) is 0 Å². The third-order valence-electron chi connectivity index (χ3n) is 1.30. The van der Waals surface area contributed by atoms with Gasteiger partial charge in [-0.25, -0.2) is 0 Å². The maximum absolute atomic E-state index is 10.9. The number of nitrogens with one attached hydrogen (secondary N) is 1. The minimum atomic E-state index is -0.360. The van der Waals surface area contributed by atoms with Gasteiger partial charge >= 0.3 is 0 Å². The molecular formula is C6H3NO3S. The monoisotopic (exact) mass is 169 g/mol. The molecule has 2 aliphatic heterocycles. The van der Waals surface area contributed by atoms with E-state index in [2.05, 4.69) is 9.68 Å². The molecule has 0 aromatic rings. The number of fused-ring (bicyclic) bond motifs is 1.